The SMILES string of the molecule is Nc1cccc(C(=O)OCC(=O)Nc2ccccc2)c1. The van der Waals surface area contributed by atoms with Gasteiger partial charge in [0.2, 0.25) is 0 Å². The molecule has 5 heteroatoms. The van der Waals surface area contributed by atoms with Crippen LogP contribution < -0.4 is 11.1 Å². The number of hydrogen-bond acceptors (Lipinski definition) is 4. The maximum absolute atomic E-state index is 11.7. The van der Waals surface area contributed by atoms with Crippen LogP contribution in [0, 0.1) is 0 Å². The van der Waals surface area contributed by atoms with E-state index in [2.05, 4.69) is 5.32 Å². The minimum Gasteiger partial charge on any atom is -0.452 e. The van der Waals surface area contributed by atoms with Gasteiger partial charge in [-0.05, 0) is 30.3 Å². The van der Waals surface area contributed by atoms with Crippen molar-refractivity contribution in [1.29, 1.82) is 0 Å². The molecule has 5 nitrogen and oxygen atoms in total. The van der Waals surface area contributed by atoms with E-state index in [0.717, 1.165) is 0 Å². The Balaban J connectivity index is 1.86. The van der Waals surface area contributed by atoms with Gasteiger partial charge in [-0.25, -0.2) is 4.79 Å². The molecular weight excluding hydrogens is 256 g/mol. The first kappa shape index (κ1) is 13.6. The van der Waals surface area contributed by atoms with Crippen LogP contribution in [0.25, 0.3) is 0 Å². The zero-order valence-corrected chi connectivity index (χ0v) is 10.7. The molecule has 1 amide bonds. The Morgan fingerprint density at radius 1 is 1.05 bits per heavy atom. The van der Waals surface area contributed by atoms with Crippen molar-refractivity contribution in [3.05, 3.63) is 60.2 Å². The lowest BCUT2D eigenvalue weighted by Crippen LogP contribution is -2.20. The molecule has 102 valence electrons. The molecule has 0 aromatic heterocycles. The minimum atomic E-state index is -0.583. The molecule has 2 aromatic rings. The number of nitrogens with one attached hydrogen (secondary N) is 1. The van der Waals surface area contributed by atoms with Gasteiger partial charge in [-0.3, -0.25) is 4.79 Å². The van der Waals surface area contributed by atoms with Gasteiger partial charge in [-0.15, -0.1) is 0 Å². The van der Waals surface area contributed by atoms with Gasteiger partial charge >= 0.3 is 5.97 Å². The lowest BCUT2D eigenvalue weighted by molar-refractivity contribution is -0.119. The summed E-state index contributed by atoms with van der Waals surface area (Å²) in [5.74, 6) is -0.978. The van der Waals surface area contributed by atoms with Crippen LogP contribution in [0.2, 0.25) is 0 Å². The number of benzene rings is 2. The van der Waals surface area contributed by atoms with Crippen molar-refractivity contribution in [2.24, 2.45) is 0 Å². The summed E-state index contributed by atoms with van der Waals surface area (Å²) in [5.41, 5.74) is 7.00. The Hall–Kier alpha value is -2.82. The second kappa shape index (κ2) is 6.38. The van der Waals surface area contributed by atoms with Gasteiger partial charge in [0, 0.05) is 11.4 Å². The van der Waals surface area contributed by atoms with Gasteiger partial charge in [0.25, 0.3) is 5.91 Å². The van der Waals surface area contributed by atoms with Crippen molar-refractivity contribution in [3.8, 4) is 0 Å². The van der Waals surface area contributed by atoms with Crippen LogP contribution >= 0.6 is 0 Å². The Morgan fingerprint density at radius 2 is 1.80 bits per heavy atom. The maximum atomic E-state index is 11.7. The van der Waals surface area contributed by atoms with E-state index in [4.69, 9.17) is 10.5 Å². The summed E-state index contributed by atoms with van der Waals surface area (Å²) in [4.78, 5) is 23.3. The molecule has 0 radical (unpaired) electrons. The van der Waals surface area contributed by atoms with E-state index in [1.54, 1.807) is 42.5 Å². The highest BCUT2D eigenvalue weighted by Gasteiger charge is 2.10. The number of para-hydroxylation sites is 1. The molecule has 0 atom stereocenters. The van der Waals surface area contributed by atoms with E-state index < -0.39 is 11.9 Å². The van der Waals surface area contributed by atoms with Crippen molar-refractivity contribution in [1.82, 2.24) is 0 Å². The summed E-state index contributed by atoms with van der Waals surface area (Å²) in [6.45, 7) is -0.345. The van der Waals surface area contributed by atoms with E-state index in [-0.39, 0.29) is 6.61 Å². The lowest BCUT2D eigenvalue weighted by atomic mass is 10.2. The van der Waals surface area contributed by atoms with Crippen LogP contribution in [-0.4, -0.2) is 18.5 Å². The number of anilines is 2. The van der Waals surface area contributed by atoms with E-state index in [1.165, 1.54) is 6.07 Å². The fraction of sp³-hybridized carbons (Fsp3) is 0.0667. The smallest absolute Gasteiger partial charge is 0.338 e. The predicted octanol–water partition coefficient (Wildman–Crippen LogP) is 2.06. The zero-order valence-electron chi connectivity index (χ0n) is 10.7. The third kappa shape index (κ3) is 3.84. The van der Waals surface area contributed by atoms with Gasteiger partial charge in [0.15, 0.2) is 6.61 Å². The summed E-state index contributed by atoms with van der Waals surface area (Å²) in [7, 11) is 0. The van der Waals surface area contributed by atoms with Crippen molar-refractivity contribution in [2.45, 2.75) is 0 Å². The second-order valence-corrected chi connectivity index (χ2v) is 4.12. The zero-order chi connectivity index (χ0) is 14.4. The Morgan fingerprint density at radius 3 is 2.50 bits per heavy atom. The molecule has 0 aliphatic carbocycles. The first-order chi connectivity index (χ1) is 9.65. The quantitative estimate of drug-likeness (QED) is 0.658. The number of carbonyl (C=O) groups excluding carboxylic acids is 2. The molecule has 2 aromatic carbocycles. The molecule has 0 heterocycles. The van der Waals surface area contributed by atoms with Gasteiger partial charge in [-0.2, -0.15) is 0 Å². The standard InChI is InChI=1S/C15H14N2O3/c16-12-6-4-5-11(9-12)15(19)20-10-14(18)17-13-7-2-1-3-8-13/h1-9H,10,16H2,(H,17,18). The fourth-order valence-corrected chi connectivity index (χ4v) is 1.60. The molecule has 0 spiro atoms. The first-order valence-electron chi connectivity index (χ1n) is 6.03. The minimum absolute atomic E-state index is 0.317. The molecule has 0 bridgehead atoms. The van der Waals surface area contributed by atoms with Crippen molar-refractivity contribution < 1.29 is 14.3 Å². The third-order valence-electron chi connectivity index (χ3n) is 2.51. The van der Waals surface area contributed by atoms with E-state index in [0.29, 0.717) is 16.9 Å². The number of esters is 1. The molecule has 2 rings (SSSR count). The van der Waals surface area contributed by atoms with Crippen molar-refractivity contribution in [2.75, 3.05) is 17.7 Å². The number of amides is 1. The fourth-order valence-electron chi connectivity index (χ4n) is 1.60. The number of ether oxygens (including phenoxy) is 1. The molecule has 0 aliphatic rings. The van der Waals surface area contributed by atoms with Crippen LogP contribution in [0.15, 0.2) is 54.6 Å². The van der Waals surface area contributed by atoms with Crippen LogP contribution in [0.4, 0.5) is 11.4 Å². The number of carbonyl (C=O) groups is 2. The highest BCUT2D eigenvalue weighted by Crippen LogP contribution is 2.08. The van der Waals surface area contributed by atoms with Gasteiger partial charge in [-0.1, -0.05) is 24.3 Å². The number of hydrogen-bond donors (Lipinski definition) is 2. The average molecular weight is 270 g/mol. The van der Waals surface area contributed by atoms with Gasteiger partial charge < -0.3 is 15.8 Å². The molecular formula is C15H14N2O3. The van der Waals surface area contributed by atoms with E-state index >= 15 is 0 Å². The summed E-state index contributed by atoms with van der Waals surface area (Å²) < 4.78 is 4.91. The molecule has 20 heavy (non-hydrogen) atoms. The normalized spacial score (nSPS) is 9.80. The monoisotopic (exact) mass is 270 g/mol. The predicted molar refractivity (Wildman–Crippen MR) is 76.2 cm³/mol. The summed E-state index contributed by atoms with van der Waals surface area (Å²) in [6.07, 6.45) is 0. The number of nitrogen functional groups attached to an aromatic ring is 1. The Labute approximate surface area is 116 Å². The Bertz CT molecular complexity index is 612. The molecule has 0 saturated heterocycles. The maximum Gasteiger partial charge on any atom is 0.338 e. The summed E-state index contributed by atoms with van der Waals surface area (Å²) in [5, 5.41) is 2.62. The molecule has 0 unspecified atom stereocenters. The number of nitrogens with two attached hydrogens (primary N) is 1. The molecule has 3 N–H and O–H groups in total. The summed E-state index contributed by atoms with van der Waals surface area (Å²) >= 11 is 0. The van der Waals surface area contributed by atoms with Crippen LogP contribution in [0.1, 0.15) is 10.4 Å². The first-order valence-corrected chi connectivity index (χ1v) is 6.03. The Kier molecular flexibility index (Phi) is 4.34. The third-order valence-corrected chi connectivity index (χ3v) is 2.51. The molecule has 0 aliphatic heterocycles. The van der Waals surface area contributed by atoms with Crippen LogP contribution in [0.3, 0.4) is 0 Å². The van der Waals surface area contributed by atoms with Crippen LogP contribution in [0.5, 0.6) is 0 Å². The van der Waals surface area contributed by atoms with E-state index in [1.807, 2.05) is 6.07 Å². The average Bonchev–Trinajstić information content (AvgIpc) is 2.46. The number of rotatable bonds is 4. The van der Waals surface area contributed by atoms with Gasteiger partial charge in [0.05, 0.1) is 5.56 Å². The lowest BCUT2D eigenvalue weighted by Gasteiger charge is -2.06. The van der Waals surface area contributed by atoms with Crippen molar-refractivity contribution in [3.63, 3.8) is 0 Å². The van der Waals surface area contributed by atoms with Gasteiger partial charge in [0.1, 0.15) is 0 Å². The highest BCUT2D eigenvalue weighted by molar-refractivity contribution is 5.95. The topological polar surface area (TPSA) is 81.4 Å². The molecule has 0 fully saturated rings. The summed E-state index contributed by atoms with van der Waals surface area (Å²) in [6, 6.07) is 15.3. The molecule has 0 saturated carbocycles. The highest BCUT2D eigenvalue weighted by atomic mass is 16.5. The van der Waals surface area contributed by atoms with Crippen molar-refractivity contribution >= 4 is 23.3 Å². The second-order valence-electron chi connectivity index (χ2n) is 4.12. The largest absolute Gasteiger partial charge is 0.452 e. The van der Waals surface area contributed by atoms with E-state index in [9.17, 15) is 9.59 Å². The van der Waals surface area contributed by atoms with Crippen LogP contribution in [-0.2, 0) is 9.53 Å².